The second-order valence-electron chi connectivity index (χ2n) is 5.27. The molecule has 1 aromatic rings. The standard InChI is InChI=1S/C14H21BrN4O2/c1-3-21-13(20)9-4-6-10(7-5-9)18-12-11(15)8(2)17-14(16)19-12/h9-10H,3-7H2,1-2H3,(H3,16,17,18,19). The Labute approximate surface area is 133 Å². The Balaban J connectivity index is 1.93. The summed E-state index contributed by atoms with van der Waals surface area (Å²) in [5.74, 6) is 0.945. The van der Waals surface area contributed by atoms with Gasteiger partial charge in [-0.05, 0) is 55.5 Å². The molecule has 0 aromatic carbocycles. The molecule has 1 aliphatic carbocycles. The third-order valence-electron chi connectivity index (χ3n) is 3.72. The Kier molecular flexibility index (Phi) is 5.39. The SMILES string of the molecule is CCOC(=O)C1CCC(Nc2nc(N)nc(C)c2Br)CC1. The minimum atomic E-state index is -0.0701. The molecule has 1 aromatic heterocycles. The van der Waals surface area contributed by atoms with Crippen molar-refractivity contribution in [3.63, 3.8) is 0 Å². The Bertz CT molecular complexity index is 516. The first kappa shape index (κ1) is 16.0. The molecule has 0 aliphatic heterocycles. The van der Waals surface area contributed by atoms with E-state index in [0.717, 1.165) is 41.7 Å². The van der Waals surface area contributed by atoms with Crippen molar-refractivity contribution in [3.8, 4) is 0 Å². The average molecular weight is 357 g/mol. The normalized spacial score (nSPS) is 21.9. The van der Waals surface area contributed by atoms with Crippen LogP contribution in [0.25, 0.3) is 0 Å². The number of ether oxygens (including phenoxy) is 1. The zero-order chi connectivity index (χ0) is 15.4. The lowest BCUT2D eigenvalue weighted by atomic mass is 9.86. The molecular formula is C14H21BrN4O2. The van der Waals surface area contributed by atoms with Crippen molar-refractivity contribution in [1.82, 2.24) is 9.97 Å². The molecule has 1 aliphatic rings. The predicted octanol–water partition coefficient (Wildman–Crippen LogP) is 2.66. The van der Waals surface area contributed by atoms with Crippen molar-refractivity contribution in [2.24, 2.45) is 5.92 Å². The number of anilines is 2. The van der Waals surface area contributed by atoms with Gasteiger partial charge in [-0.1, -0.05) is 0 Å². The molecule has 0 bridgehead atoms. The van der Waals surface area contributed by atoms with E-state index in [1.54, 1.807) is 0 Å². The number of nitrogens with zero attached hydrogens (tertiary/aromatic N) is 2. The first-order valence-corrected chi connectivity index (χ1v) is 8.03. The van der Waals surface area contributed by atoms with E-state index in [1.165, 1.54) is 0 Å². The van der Waals surface area contributed by atoms with Crippen LogP contribution in [0.3, 0.4) is 0 Å². The van der Waals surface area contributed by atoms with Crippen molar-refractivity contribution in [2.45, 2.75) is 45.6 Å². The number of aryl methyl sites for hydroxylation is 1. The fraction of sp³-hybridized carbons (Fsp3) is 0.643. The van der Waals surface area contributed by atoms with E-state index in [9.17, 15) is 4.79 Å². The maximum Gasteiger partial charge on any atom is 0.308 e. The van der Waals surface area contributed by atoms with E-state index in [2.05, 4.69) is 31.2 Å². The number of esters is 1. The zero-order valence-electron chi connectivity index (χ0n) is 12.4. The second kappa shape index (κ2) is 7.06. The minimum Gasteiger partial charge on any atom is -0.466 e. The van der Waals surface area contributed by atoms with Crippen LogP contribution >= 0.6 is 15.9 Å². The quantitative estimate of drug-likeness (QED) is 0.806. The molecule has 0 saturated heterocycles. The summed E-state index contributed by atoms with van der Waals surface area (Å²) >= 11 is 3.48. The molecule has 1 fully saturated rings. The Morgan fingerprint density at radius 3 is 2.67 bits per heavy atom. The first-order chi connectivity index (χ1) is 10.0. The van der Waals surface area contributed by atoms with Gasteiger partial charge in [-0.2, -0.15) is 4.98 Å². The van der Waals surface area contributed by atoms with Gasteiger partial charge in [0, 0.05) is 6.04 Å². The number of aromatic nitrogens is 2. The van der Waals surface area contributed by atoms with Crippen molar-refractivity contribution >= 4 is 33.7 Å². The highest BCUT2D eigenvalue weighted by Gasteiger charge is 2.27. The number of carbonyl (C=O) groups is 1. The largest absolute Gasteiger partial charge is 0.466 e. The van der Waals surface area contributed by atoms with Crippen molar-refractivity contribution in [3.05, 3.63) is 10.2 Å². The summed E-state index contributed by atoms with van der Waals surface area (Å²) in [7, 11) is 0. The molecule has 3 N–H and O–H groups in total. The Hall–Kier alpha value is -1.37. The topological polar surface area (TPSA) is 90.1 Å². The molecule has 6 nitrogen and oxygen atoms in total. The number of halogens is 1. The van der Waals surface area contributed by atoms with Gasteiger partial charge in [-0.3, -0.25) is 4.79 Å². The van der Waals surface area contributed by atoms with Gasteiger partial charge in [0.25, 0.3) is 0 Å². The Morgan fingerprint density at radius 1 is 1.38 bits per heavy atom. The summed E-state index contributed by atoms with van der Waals surface area (Å²) in [6, 6.07) is 0.292. The fourth-order valence-electron chi connectivity index (χ4n) is 2.60. The van der Waals surface area contributed by atoms with Crippen molar-refractivity contribution in [1.29, 1.82) is 0 Å². The average Bonchev–Trinajstić information content (AvgIpc) is 2.45. The molecule has 1 saturated carbocycles. The first-order valence-electron chi connectivity index (χ1n) is 7.24. The van der Waals surface area contributed by atoms with Gasteiger partial charge < -0.3 is 15.8 Å². The summed E-state index contributed by atoms with van der Waals surface area (Å²) in [5, 5.41) is 3.39. The number of carbonyl (C=O) groups excluding carboxylic acids is 1. The zero-order valence-corrected chi connectivity index (χ0v) is 13.9. The summed E-state index contributed by atoms with van der Waals surface area (Å²) < 4.78 is 5.92. The monoisotopic (exact) mass is 356 g/mol. The summed E-state index contributed by atoms with van der Waals surface area (Å²) in [5.41, 5.74) is 6.49. The highest BCUT2D eigenvalue weighted by atomic mass is 79.9. The second-order valence-corrected chi connectivity index (χ2v) is 6.07. The lowest BCUT2D eigenvalue weighted by Gasteiger charge is -2.28. The van der Waals surface area contributed by atoms with Gasteiger partial charge in [-0.25, -0.2) is 4.98 Å². The highest BCUT2D eigenvalue weighted by molar-refractivity contribution is 9.10. The highest BCUT2D eigenvalue weighted by Crippen LogP contribution is 2.30. The molecule has 0 spiro atoms. The summed E-state index contributed by atoms with van der Waals surface area (Å²) in [4.78, 5) is 20.0. The maximum absolute atomic E-state index is 11.7. The van der Waals surface area contributed by atoms with Gasteiger partial charge in [0.1, 0.15) is 5.82 Å². The number of nitrogens with one attached hydrogen (secondary N) is 1. The van der Waals surface area contributed by atoms with Crippen LogP contribution < -0.4 is 11.1 Å². The van der Waals surface area contributed by atoms with Crippen LogP contribution in [-0.2, 0) is 9.53 Å². The van der Waals surface area contributed by atoms with Crippen molar-refractivity contribution < 1.29 is 9.53 Å². The number of hydrogen-bond acceptors (Lipinski definition) is 6. The van der Waals surface area contributed by atoms with Crippen LogP contribution in [0.5, 0.6) is 0 Å². The van der Waals surface area contributed by atoms with Crippen LogP contribution in [0.15, 0.2) is 4.47 Å². The molecule has 0 unspecified atom stereocenters. The third-order valence-corrected chi connectivity index (χ3v) is 4.67. The van der Waals surface area contributed by atoms with E-state index in [1.807, 2.05) is 13.8 Å². The number of rotatable bonds is 4. The smallest absolute Gasteiger partial charge is 0.308 e. The van der Waals surface area contributed by atoms with Gasteiger partial charge in [0.15, 0.2) is 0 Å². The predicted molar refractivity (Wildman–Crippen MR) is 84.9 cm³/mol. The van der Waals surface area contributed by atoms with Gasteiger partial charge in [0.2, 0.25) is 5.95 Å². The molecule has 7 heteroatoms. The molecule has 0 radical (unpaired) electrons. The van der Waals surface area contributed by atoms with Crippen LogP contribution in [-0.4, -0.2) is 28.6 Å². The molecular weight excluding hydrogens is 336 g/mol. The fourth-order valence-corrected chi connectivity index (χ4v) is 2.90. The molecule has 116 valence electrons. The van der Waals surface area contributed by atoms with E-state index in [0.29, 0.717) is 12.6 Å². The number of nitrogen functional groups attached to an aromatic ring is 1. The molecule has 0 amide bonds. The number of hydrogen-bond donors (Lipinski definition) is 2. The van der Waals surface area contributed by atoms with E-state index >= 15 is 0 Å². The minimum absolute atomic E-state index is 0.0312. The number of nitrogens with two attached hydrogens (primary N) is 1. The van der Waals surface area contributed by atoms with Crippen molar-refractivity contribution in [2.75, 3.05) is 17.7 Å². The van der Waals surface area contributed by atoms with Crippen LogP contribution in [0.2, 0.25) is 0 Å². The van der Waals surface area contributed by atoms with Gasteiger partial charge in [-0.15, -0.1) is 0 Å². The van der Waals surface area contributed by atoms with E-state index in [-0.39, 0.29) is 17.8 Å². The van der Waals surface area contributed by atoms with Crippen LogP contribution in [0.1, 0.15) is 38.3 Å². The van der Waals surface area contributed by atoms with E-state index < -0.39 is 0 Å². The maximum atomic E-state index is 11.7. The van der Waals surface area contributed by atoms with Crippen LogP contribution in [0, 0.1) is 12.8 Å². The van der Waals surface area contributed by atoms with Gasteiger partial charge in [0.05, 0.1) is 22.7 Å². The third kappa shape index (κ3) is 4.06. The molecule has 1 heterocycles. The van der Waals surface area contributed by atoms with Gasteiger partial charge >= 0.3 is 5.97 Å². The molecule has 21 heavy (non-hydrogen) atoms. The molecule has 2 rings (SSSR count). The van der Waals surface area contributed by atoms with Crippen LogP contribution in [0.4, 0.5) is 11.8 Å². The molecule has 0 atom stereocenters. The lowest BCUT2D eigenvalue weighted by molar-refractivity contribution is -0.149. The summed E-state index contributed by atoms with van der Waals surface area (Å²) in [6.07, 6.45) is 3.51. The Morgan fingerprint density at radius 2 is 2.05 bits per heavy atom. The summed E-state index contributed by atoms with van der Waals surface area (Å²) in [6.45, 7) is 4.17. The lowest BCUT2D eigenvalue weighted by Crippen LogP contribution is -2.30. The van der Waals surface area contributed by atoms with E-state index in [4.69, 9.17) is 10.5 Å².